The molecule has 2 aliphatic heterocycles. The van der Waals surface area contributed by atoms with E-state index in [2.05, 4.69) is 24.1 Å². The van der Waals surface area contributed by atoms with Crippen molar-refractivity contribution in [3.8, 4) is 0 Å². The number of rotatable bonds is 5. The first kappa shape index (κ1) is 24.0. The smallest absolute Gasteiger partial charge is 0.210 e. The van der Waals surface area contributed by atoms with Gasteiger partial charge in [-0.05, 0) is 52.6 Å². The van der Waals surface area contributed by atoms with Crippen molar-refractivity contribution >= 4 is 32.5 Å². The second-order valence-electron chi connectivity index (χ2n) is 6.58. The average molecular weight is 407 g/mol. The SMILES string of the molecule is CC(C)N1CCCC1CS(N)(=O)=O.Cl.NS(=O)(=O)CC1CCCN1. The number of nitrogens with zero attached hydrogens (tertiary/aromatic N) is 1. The van der Waals surface area contributed by atoms with E-state index >= 15 is 0 Å². The Morgan fingerprint density at radius 1 is 1.04 bits per heavy atom. The molecule has 24 heavy (non-hydrogen) atoms. The number of halogens is 1. The Morgan fingerprint density at radius 3 is 2.04 bits per heavy atom. The van der Waals surface area contributed by atoms with Crippen molar-refractivity contribution in [2.45, 2.75) is 57.7 Å². The first-order valence-electron chi connectivity index (χ1n) is 7.98. The Labute approximate surface area is 152 Å². The summed E-state index contributed by atoms with van der Waals surface area (Å²) in [5.41, 5.74) is 0. The van der Waals surface area contributed by atoms with Gasteiger partial charge in [-0.15, -0.1) is 12.4 Å². The molecule has 0 radical (unpaired) electrons. The molecule has 11 heteroatoms. The molecule has 0 aromatic rings. The Hall–Kier alpha value is 0.0300. The lowest BCUT2D eigenvalue weighted by molar-refractivity contribution is 0.217. The fraction of sp³-hybridized carbons (Fsp3) is 1.00. The van der Waals surface area contributed by atoms with Gasteiger partial charge in [0, 0.05) is 18.1 Å². The van der Waals surface area contributed by atoms with Crippen molar-refractivity contribution in [1.29, 1.82) is 0 Å². The Kier molecular flexibility index (Phi) is 10.3. The average Bonchev–Trinajstić information content (AvgIpc) is 2.96. The third-order valence-corrected chi connectivity index (χ3v) is 5.82. The van der Waals surface area contributed by atoms with Gasteiger partial charge in [-0.3, -0.25) is 4.90 Å². The van der Waals surface area contributed by atoms with Crippen LogP contribution in [0.15, 0.2) is 0 Å². The lowest BCUT2D eigenvalue weighted by Gasteiger charge is -2.27. The van der Waals surface area contributed by atoms with Gasteiger partial charge in [0.1, 0.15) is 0 Å². The molecule has 0 amide bonds. The quantitative estimate of drug-likeness (QED) is 0.568. The molecule has 2 rings (SSSR count). The van der Waals surface area contributed by atoms with E-state index in [1.54, 1.807) is 0 Å². The number of primary sulfonamides is 2. The van der Waals surface area contributed by atoms with Crippen LogP contribution in [0.3, 0.4) is 0 Å². The molecule has 0 spiro atoms. The molecular weight excluding hydrogens is 376 g/mol. The van der Waals surface area contributed by atoms with Crippen LogP contribution in [0.1, 0.15) is 39.5 Å². The van der Waals surface area contributed by atoms with Gasteiger partial charge in [0.25, 0.3) is 0 Å². The maximum Gasteiger partial charge on any atom is 0.210 e. The second kappa shape index (κ2) is 10.2. The first-order valence-corrected chi connectivity index (χ1v) is 11.4. The number of nitrogens with one attached hydrogen (secondary N) is 1. The molecule has 146 valence electrons. The first-order chi connectivity index (χ1) is 10.5. The maximum absolute atomic E-state index is 10.9. The monoisotopic (exact) mass is 406 g/mol. The molecule has 0 aromatic heterocycles. The summed E-state index contributed by atoms with van der Waals surface area (Å²) in [6, 6.07) is 0.638. The van der Waals surface area contributed by atoms with Crippen LogP contribution in [0, 0.1) is 0 Å². The predicted molar refractivity (Wildman–Crippen MR) is 99.1 cm³/mol. The molecule has 0 aromatic carbocycles. The Morgan fingerprint density at radius 2 is 1.62 bits per heavy atom. The van der Waals surface area contributed by atoms with Gasteiger partial charge in [0.15, 0.2) is 0 Å². The van der Waals surface area contributed by atoms with Gasteiger partial charge in [-0.25, -0.2) is 27.1 Å². The van der Waals surface area contributed by atoms with E-state index in [1.165, 1.54) is 0 Å². The minimum Gasteiger partial charge on any atom is -0.313 e. The molecule has 2 saturated heterocycles. The van der Waals surface area contributed by atoms with Crippen LogP contribution >= 0.6 is 12.4 Å². The molecule has 2 fully saturated rings. The molecule has 0 saturated carbocycles. The summed E-state index contributed by atoms with van der Waals surface area (Å²) in [4.78, 5) is 2.21. The van der Waals surface area contributed by atoms with Crippen LogP contribution in [0.25, 0.3) is 0 Å². The van der Waals surface area contributed by atoms with E-state index in [0.29, 0.717) is 6.04 Å². The van der Waals surface area contributed by atoms with Crippen LogP contribution in [-0.2, 0) is 20.0 Å². The Balaban J connectivity index is 0.000000436. The fourth-order valence-electron chi connectivity index (χ4n) is 3.16. The van der Waals surface area contributed by atoms with Crippen molar-refractivity contribution in [3.63, 3.8) is 0 Å². The largest absolute Gasteiger partial charge is 0.313 e. The highest BCUT2D eigenvalue weighted by atomic mass is 35.5. The summed E-state index contributed by atoms with van der Waals surface area (Å²) in [6.45, 7) is 6.08. The third kappa shape index (κ3) is 10.1. The van der Waals surface area contributed by atoms with Gasteiger partial charge in [0.05, 0.1) is 11.5 Å². The van der Waals surface area contributed by atoms with Crippen molar-refractivity contribution in [2.75, 3.05) is 24.6 Å². The number of hydrogen-bond acceptors (Lipinski definition) is 6. The maximum atomic E-state index is 10.9. The standard InChI is InChI=1S/C8H18N2O2S.C5H12N2O2S.ClH/c1-7(2)10-5-3-4-8(10)6-13(9,11)12;6-10(8,9)4-5-2-1-3-7-5;/h7-8H,3-6H2,1-2H3,(H2,9,11,12);5,7H,1-4H2,(H2,6,8,9);1H. The van der Waals surface area contributed by atoms with E-state index in [0.717, 1.165) is 38.8 Å². The Bertz CT molecular complexity index is 563. The van der Waals surface area contributed by atoms with Crippen molar-refractivity contribution in [1.82, 2.24) is 10.2 Å². The van der Waals surface area contributed by atoms with Crippen molar-refractivity contribution in [3.05, 3.63) is 0 Å². The van der Waals surface area contributed by atoms with Crippen LogP contribution in [-0.4, -0.2) is 64.5 Å². The van der Waals surface area contributed by atoms with Gasteiger partial charge in [0.2, 0.25) is 20.0 Å². The molecule has 0 bridgehead atoms. The molecule has 2 aliphatic rings. The fourth-order valence-corrected chi connectivity index (χ4v) is 4.90. The second-order valence-corrected chi connectivity index (χ2v) is 9.90. The zero-order valence-corrected chi connectivity index (χ0v) is 16.8. The summed E-state index contributed by atoms with van der Waals surface area (Å²) in [5, 5.41) is 12.9. The molecular formula is C13H31ClN4O4S2. The van der Waals surface area contributed by atoms with Crippen molar-refractivity contribution in [2.24, 2.45) is 10.3 Å². The molecule has 8 nitrogen and oxygen atoms in total. The van der Waals surface area contributed by atoms with Crippen LogP contribution < -0.4 is 15.6 Å². The highest BCUT2D eigenvalue weighted by Gasteiger charge is 2.29. The highest BCUT2D eigenvalue weighted by Crippen LogP contribution is 2.20. The number of likely N-dealkylation sites (tertiary alicyclic amines) is 1. The topological polar surface area (TPSA) is 136 Å². The van der Waals surface area contributed by atoms with Crippen molar-refractivity contribution < 1.29 is 16.8 Å². The summed E-state index contributed by atoms with van der Waals surface area (Å²) in [6.07, 6.45) is 4.02. The van der Waals surface area contributed by atoms with E-state index in [-0.39, 0.29) is 36.0 Å². The summed E-state index contributed by atoms with van der Waals surface area (Å²) in [7, 11) is -6.59. The normalized spacial score (nSPS) is 25.2. The van der Waals surface area contributed by atoms with Gasteiger partial charge < -0.3 is 5.32 Å². The lowest BCUT2D eigenvalue weighted by atomic mass is 10.2. The molecule has 2 unspecified atom stereocenters. The van der Waals surface area contributed by atoms with E-state index in [9.17, 15) is 16.8 Å². The van der Waals surface area contributed by atoms with E-state index in [1.807, 2.05) is 0 Å². The molecule has 0 aliphatic carbocycles. The number of sulfonamides is 2. The predicted octanol–water partition coefficient (Wildman–Crippen LogP) is -0.404. The zero-order chi connectivity index (χ0) is 17.7. The summed E-state index contributed by atoms with van der Waals surface area (Å²) in [5.74, 6) is 0.179. The van der Waals surface area contributed by atoms with Gasteiger partial charge in [-0.2, -0.15) is 0 Å². The van der Waals surface area contributed by atoms with Gasteiger partial charge >= 0.3 is 0 Å². The number of nitrogens with two attached hydrogens (primary N) is 2. The zero-order valence-electron chi connectivity index (χ0n) is 14.3. The van der Waals surface area contributed by atoms with E-state index in [4.69, 9.17) is 10.3 Å². The van der Waals surface area contributed by atoms with Crippen LogP contribution in [0.2, 0.25) is 0 Å². The van der Waals surface area contributed by atoms with Gasteiger partial charge in [-0.1, -0.05) is 0 Å². The molecule has 5 N–H and O–H groups in total. The minimum atomic E-state index is -3.32. The lowest BCUT2D eigenvalue weighted by Crippen LogP contribution is -2.41. The van der Waals surface area contributed by atoms with Crippen LogP contribution in [0.5, 0.6) is 0 Å². The highest BCUT2D eigenvalue weighted by molar-refractivity contribution is 7.89. The molecule has 2 heterocycles. The third-order valence-electron chi connectivity index (χ3n) is 4.11. The molecule has 2 atom stereocenters. The number of hydrogen-bond donors (Lipinski definition) is 3. The van der Waals surface area contributed by atoms with Crippen LogP contribution in [0.4, 0.5) is 0 Å². The minimum absolute atomic E-state index is 0. The summed E-state index contributed by atoms with van der Waals surface area (Å²) < 4.78 is 42.9. The summed E-state index contributed by atoms with van der Waals surface area (Å²) >= 11 is 0. The van der Waals surface area contributed by atoms with E-state index < -0.39 is 20.0 Å².